The molecule has 0 bridgehead atoms. The second-order valence-corrected chi connectivity index (χ2v) is 2.01. The van der Waals surface area contributed by atoms with Gasteiger partial charge >= 0.3 is 58.4 Å². The summed E-state index contributed by atoms with van der Waals surface area (Å²) in [6.45, 7) is -1.66. The Hall–Kier alpha value is 0.441. The van der Waals surface area contributed by atoms with Gasteiger partial charge < -0.3 is 12.9 Å². The Morgan fingerprint density at radius 1 is 1.50 bits per heavy atom. The minimum absolute atomic E-state index is 0. The average molecular weight is 200 g/mol. The van der Waals surface area contributed by atoms with Crippen LogP contribution in [0.1, 0.15) is 0 Å². The summed E-state index contributed by atoms with van der Waals surface area (Å²) in [7, 11) is 0. The molecule has 0 radical (unpaired) electrons. The smallest absolute Gasteiger partial charge is 0.445 e. The fourth-order valence-corrected chi connectivity index (χ4v) is 0.622. The van der Waals surface area contributed by atoms with Crippen molar-refractivity contribution in [3.63, 3.8) is 0 Å². The summed E-state index contributed by atoms with van der Waals surface area (Å²) in [5.74, 6) is 0. The molecule has 0 aliphatic carbocycles. The maximum absolute atomic E-state index is 11.9. The summed E-state index contributed by atoms with van der Waals surface area (Å²) < 4.78 is 36.8. The molecule has 0 aliphatic rings. The minimum Gasteiger partial charge on any atom is -0.445 e. The molecule has 7 heteroatoms. The number of halogens is 3. The van der Waals surface area contributed by atoms with Gasteiger partial charge in [-0.05, 0) is 0 Å². The Labute approximate surface area is 110 Å². The van der Waals surface area contributed by atoms with Crippen LogP contribution < -0.4 is 56.8 Å². The standard InChI is InChI=1S/C5H5BF3N2.K/c1-2-11-4-5(3-10-11)6(7,8)9;/h2-4H,1H2;/q-1;+1. The van der Waals surface area contributed by atoms with Gasteiger partial charge in [0.1, 0.15) is 0 Å². The molecule has 0 spiro atoms. The normalized spacial score (nSPS) is 10.6. The van der Waals surface area contributed by atoms with Crippen molar-refractivity contribution < 1.29 is 64.3 Å². The monoisotopic (exact) mass is 200 g/mol. The van der Waals surface area contributed by atoms with Crippen LogP contribution in [0.5, 0.6) is 0 Å². The maximum Gasteiger partial charge on any atom is 1.00 e. The molecule has 12 heavy (non-hydrogen) atoms. The number of aromatic nitrogens is 2. The van der Waals surface area contributed by atoms with Crippen molar-refractivity contribution in [3.8, 4) is 0 Å². The zero-order valence-corrected chi connectivity index (χ0v) is 9.67. The van der Waals surface area contributed by atoms with Crippen LogP contribution in [0.25, 0.3) is 6.20 Å². The van der Waals surface area contributed by atoms with E-state index in [-0.39, 0.29) is 51.4 Å². The van der Waals surface area contributed by atoms with E-state index in [4.69, 9.17) is 0 Å². The average Bonchev–Trinajstić information content (AvgIpc) is 2.32. The van der Waals surface area contributed by atoms with Crippen LogP contribution in [-0.4, -0.2) is 16.8 Å². The first-order chi connectivity index (χ1) is 5.04. The Balaban J connectivity index is 0.00000121. The van der Waals surface area contributed by atoms with Crippen molar-refractivity contribution in [2.24, 2.45) is 0 Å². The fraction of sp³-hybridized carbons (Fsp3) is 0. The van der Waals surface area contributed by atoms with Crippen LogP contribution in [-0.2, 0) is 0 Å². The summed E-state index contributed by atoms with van der Waals surface area (Å²) >= 11 is 0. The Morgan fingerprint density at radius 2 is 2.08 bits per heavy atom. The molecule has 0 aromatic carbocycles. The third kappa shape index (κ3) is 3.06. The molecule has 0 amide bonds. The molecule has 0 fully saturated rings. The Bertz CT molecular complexity index is 270. The molecule has 2 nitrogen and oxygen atoms in total. The molecule has 0 atom stereocenters. The van der Waals surface area contributed by atoms with Gasteiger partial charge in [-0.1, -0.05) is 12.0 Å². The van der Waals surface area contributed by atoms with E-state index < -0.39 is 12.4 Å². The van der Waals surface area contributed by atoms with E-state index in [9.17, 15) is 12.9 Å². The quantitative estimate of drug-likeness (QED) is 0.507. The summed E-state index contributed by atoms with van der Waals surface area (Å²) in [5.41, 5.74) is -0.704. The van der Waals surface area contributed by atoms with E-state index in [1.165, 1.54) is 6.20 Å². The third-order valence-electron chi connectivity index (χ3n) is 1.19. The van der Waals surface area contributed by atoms with Crippen LogP contribution in [0, 0.1) is 0 Å². The zero-order valence-electron chi connectivity index (χ0n) is 6.54. The molecule has 1 aromatic heterocycles. The van der Waals surface area contributed by atoms with E-state index >= 15 is 0 Å². The van der Waals surface area contributed by atoms with Gasteiger partial charge in [0, 0.05) is 18.6 Å². The Morgan fingerprint density at radius 3 is 2.33 bits per heavy atom. The molecule has 1 aromatic rings. The molecule has 60 valence electrons. The molecule has 0 unspecified atom stereocenters. The van der Waals surface area contributed by atoms with Crippen LogP contribution in [0.3, 0.4) is 0 Å². The van der Waals surface area contributed by atoms with Gasteiger partial charge in [0.05, 0.1) is 0 Å². The zero-order chi connectivity index (χ0) is 8.48. The first-order valence-electron chi connectivity index (χ1n) is 2.90. The van der Waals surface area contributed by atoms with Crippen LogP contribution >= 0.6 is 0 Å². The van der Waals surface area contributed by atoms with Crippen molar-refractivity contribution >= 4 is 18.6 Å². The number of hydrogen-bond acceptors (Lipinski definition) is 1. The van der Waals surface area contributed by atoms with E-state index in [1.807, 2.05) is 0 Å². The van der Waals surface area contributed by atoms with Gasteiger partial charge in [0.2, 0.25) is 0 Å². The Kier molecular flexibility index (Phi) is 4.78. The molecule has 1 heterocycles. The SMILES string of the molecule is C=Cn1cc([B-](F)(F)F)cn1.[K+]. The minimum atomic E-state index is -4.92. The molecule has 0 saturated heterocycles. The van der Waals surface area contributed by atoms with Gasteiger partial charge in [0.15, 0.2) is 0 Å². The molecule has 1 rings (SSSR count). The predicted octanol–water partition coefficient (Wildman–Crippen LogP) is -1.96. The van der Waals surface area contributed by atoms with Crippen molar-refractivity contribution in [1.82, 2.24) is 9.78 Å². The van der Waals surface area contributed by atoms with E-state index in [0.29, 0.717) is 0 Å². The second kappa shape index (κ2) is 4.61. The van der Waals surface area contributed by atoms with Gasteiger partial charge in [-0.15, -0.1) is 0 Å². The predicted molar refractivity (Wildman–Crippen MR) is 37.3 cm³/mol. The van der Waals surface area contributed by atoms with Crippen LogP contribution in [0.2, 0.25) is 0 Å². The second-order valence-electron chi connectivity index (χ2n) is 2.01. The molecule has 0 saturated carbocycles. The summed E-state index contributed by atoms with van der Waals surface area (Å²) in [6.07, 6.45) is 2.88. The van der Waals surface area contributed by atoms with Crippen molar-refractivity contribution in [3.05, 3.63) is 19.0 Å². The first kappa shape index (κ1) is 12.4. The van der Waals surface area contributed by atoms with Crippen molar-refractivity contribution in [2.45, 2.75) is 0 Å². The molecular formula is C5H5BF3KN2. The van der Waals surface area contributed by atoms with Crippen molar-refractivity contribution in [2.75, 3.05) is 0 Å². The molecule has 0 N–H and O–H groups in total. The van der Waals surface area contributed by atoms with E-state index in [0.717, 1.165) is 17.1 Å². The molecular weight excluding hydrogens is 195 g/mol. The topological polar surface area (TPSA) is 17.8 Å². The van der Waals surface area contributed by atoms with E-state index in [1.54, 1.807) is 0 Å². The van der Waals surface area contributed by atoms with Crippen LogP contribution in [0.15, 0.2) is 19.0 Å². The maximum atomic E-state index is 11.9. The fourth-order valence-electron chi connectivity index (χ4n) is 0.622. The summed E-state index contributed by atoms with van der Waals surface area (Å²) in [6, 6.07) is 0. The van der Waals surface area contributed by atoms with Gasteiger partial charge in [-0.3, -0.25) is 4.68 Å². The summed E-state index contributed by atoms with van der Waals surface area (Å²) in [4.78, 5) is 0. The van der Waals surface area contributed by atoms with Gasteiger partial charge in [0.25, 0.3) is 0 Å². The third-order valence-corrected chi connectivity index (χ3v) is 1.19. The van der Waals surface area contributed by atoms with Crippen molar-refractivity contribution in [1.29, 1.82) is 0 Å². The first-order valence-corrected chi connectivity index (χ1v) is 2.90. The number of rotatable bonds is 2. The van der Waals surface area contributed by atoms with Gasteiger partial charge in [-0.2, -0.15) is 5.10 Å². The summed E-state index contributed by atoms with van der Waals surface area (Å²) in [5, 5.41) is 3.40. The molecule has 0 aliphatic heterocycles. The number of hydrogen-bond donors (Lipinski definition) is 0. The van der Waals surface area contributed by atoms with Crippen LogP contribution in [0.4, 0.5) is 12.9 Å². The largest absolute Gasteiger partial charge is 1.00 e. The van der Waals surface area contributed by atoms with Gasteiger partial charge in [-0.25, -0.2) is 0 Å². The van der Waals surface area contributed by atoms with E-state index in [2.05, 4.69) is 11.7 Å². The number of nitrogens with zero attached hydrogens (tertiary/aromatic N) is 2.